The molecule has 0 N–H and O–H groups in total. The molecule has 35 heavy (non-hydrogen) atoms. The minimum absolute atomic E-state index is 0.0280. The summed E-state index contributed by atoms with van der Waals surface area (Å²) in [5.74, 6) is -0.0280. The molecule has 6 aromatic rings. The number of carbonyl (C=O) groups excluding carboxylic acids is 1. The summed E-state index contributed by atoms with van der Waals surface area (Å²) in [5.41, 5.74) is 6.91. The van der Waals surface area contributed by atoms with Gasteiger partial charge in [0.2, 0.25) is 5.78 Å². The summed E-state index contributed by atoms with van der Waals surface area (Å²) >= 11 is 0. The van der Waals surface area contributed by atoms with Crippen LogP contribution in [0.4, 0.5) is 0 Å². The molecule has 2 aromatic heterocycles. The fourth-order valence-corrected chi connectivity index (χ4v) is 4.57. The van der Waals surface area contributed by atoms with E-state index in [-0.39, 0.29) is 5.78 Å². The average molecular weight is 451 g/mol. The number of para-hydroxylation sites is 1. The van der Waals surface area contributed by atoms with E-state index in [1.807, 2.05) is 97.2 Å². The average Bonchev–Trinajstić information content (AvgIpc) is 3.34. The van der Waals surface area contributed by atoms with Gasteiger partial charge < -0.3 is 4.57 Å². The Labute approximate surface area is 204 Å². The standard InChI is InChI=1S/C32H22N2O/c35-32(25-16-8-3-9-17-25)31-28(23-12-4-1-5-13-23)21-30(24-14-6-2-7-15-24)34(31)27-20-26-18-10-11-19-29(26)33-22-27/h1-22H. The van der Waals surface area contributed by atoms with Crippen LogP contribution in [0.1, 0.15) is 16.1 Å². The molecule has 0 atom stereocenters. The van der Waals surface area contributed by atoms with E-state index >= 15 is 0 Å². The molecule has 6 rings (SSSR count). The lowest BCUT2D eigenvalue weighted by molar-refractivity contribution is 0.103. The highest BCUT2D eigenvalue weighted by atomic mass is 16.1. The predicted molar refractivity (Wildman–Crippen MR) is 142 cm³/mol. The Bertz CT molecular complexity index is 1640. The lowest BCUT2D eigenvalue weighted by Crippen LogP contribution is -2.11. The number of pyridine rings is 1. The molecule has 166 valence electrons. The van der Waals surface area contributed by atoms with Crippen LogP contribution in [0.3, 0.4) is 0 Å². The van der Waals surface area contributed by atoms with Crippen molar-refractivity contribution in [3.8, 4) is 28.1 Å². The third-order valence-electron chi connectivity index (χ3n) is 6.24. The van der Waals surface area contributed by atoms with E-state index in [0.717, 1.165) is 39.0 Å². The number of hydrogen-bond donors (Lipinski definition) is 0. The van der Waals surface area contributed by atoms with Gasteiger partial charge in [-0.2, -0.15) is 0 Å². The van der Waals surface area contributed by atoms with E-state index < -0.39 is 0 Å². The molecule has 0 saturated heterocycles. The molecule has 0 unspecified atom stereocenters. The highest BCUT2D eigenvalue weighted by Gasteiger charge is 2.25. The van der Waals surface area contributed by atoms with Crippen LogP contribution in [-0.2, 0) is 0 Å². The quantitative estimate of drug-likeness (QED) is 0.254. The Morgan fingerprint density at radius 2 is 1.23 bits per heavy atom. The molecular weight excluding hydrogens is 428 g/mol. The van der Waals surface area contributed by atoms with Crippen LogP contribution in [0.2, 0.25) is 0 Å². The number of benzene rings is 4. The van der Waals surface area contributed by atoms with Crippen LogP contribution in [0.25, 0.3) is 39.0 Å². The van der Waals surface area contributed by atoms with Crippen LogP contribution < -0.4 is 0 Å². The Hall–Kier alpha value is -4.76. The molecule has 0 aliphatic carbocycles. The van der Waals surface area contributed by atoms with Gasteiger partial charge >= 0.3 is 0 Å². The SMILES string of the molecule is O=C(c1ccccc1)c1c(-c2ccccc2)cc(-c2ccccc2)n1-c1cnc2ccccc2c1. The summed E-state index contributed by atoms with van der Waals surface area (Å²) in [6, 6.07) is 42.0. The monoisotopic (exact) mass is 450 g/mol. The van der Waals surface area contributed by atoms with Crippen molar-refractivity contribution in [3.63, 3.8) is 0 Å². The van der Waals surface area contributed by atoms with Crippen molar-refractivity contribution in [1.82, 2.24) is 9.55 Å². The molecule has 0 bridgehead atoms. The van der Waals surface area contributed by atoms with Crippen LogP contribution in [0.5, 0.6) is 0 Å². The molecule has 0 fully saturated rings. The van der Waals surface area contributed by atoms with Crippen LogP contribution in [0.15, 0.2) is 134 Å². The number of nitrogens with zero attached hydrogens (tertiary/aromatic N) is 2. The second-order valence-corrected chi connectivity index (χ2v) is 8.44. The van der Waals surface area contributed by atoms with Gasteiger partial charge in [-0.15, -0.1) is 0 Å². The van der Waals surface area contributed by atoms with E-state index in [0.29, 0.717) is 11.3 Å². The first-order valence-electron chi connectivity index (χ1n) is 11.6. The summed E-state index contributed by atoms with van der Waals surface area (Å²) in [6.07, 6.45) is 1.85. The van der Waals surface area contributed by atoms with Crippen LogP contribution in [-0.4, -0.2) is 15.3 Å². The molecule has 0 aliphatic rings. The van der Waals surface area contributed by atoms with Gasteiger partial charge in [-0.3, -0.25) is 9.78 Å². The maximum Gasteiger partial charge on any atom is 0.210 e. The van der Waals surface area contributed by atoms with E-state index in [4.69, 9.17) is 4.98 Å². The highest BCUT2D eigenvalue weighted by molar-refractivity contribution is 6.13. The van der Waals surface area contributed by atoms with Crippen LogP contribution in [0, 0.1) is 0 Å². The Kier molecular flexibility index (Phi) is 5.28. The smallest absolute Gasteiger partial charge is 0.210 e. The maximum absolute atomic E-state index is 14.1. The summed E-state index contributed by atoms with van der Waals surface area (Å²) < 4.78 is 2.06. The van der Waals surface area contributed by atoms with Gasteiger partial charge in [0.1, 0.15) is 5.69 Å². The minimum atomic E-state index is -0.0280. The van der Waals surface area contributed by atoms with Crippen molar-refractivity contribution in [3.05, 3.63) is 145 Å². The predicted octanol–water partition coefficient (Wildman–Crippen LogP) is 7.59. The lowest BCUT2D eigenvalue weighted by Gasteiger charge is -2.15. The molecule has 0 spiro atoms. The minimum Gasteiger partial charge on any atom is -0.304 e. The summed E-state index contributed by atoms with van der Waals surface area (Å²) in [5, 5.41) is 1.03. The van der Waals surface area contributed by atoms with Crippen molar-refractivity contribution in [2.75, 3.05) is 0 Å². The van der Waals surface area contributed by atoms with Crippen molar-refractivity contribution in [1.29, 1.82) is 0 Å². The van der Waals surface area contributed by atoms with Gasteiger partial charge in [0.05, 0.1) is 23.1 Å². The van der Waals surface area contributed by atoms with E-state index in [1.54, 1.807) is 0 Å². The zero-order valence-corrected chi connectivity index (χ0v) is 19.0. The normalized spacial score (nSPS) is 11.0. The van der Waals surface area contributed by atoms with E-state index in [1.165, 1.54) is 0 Å². The first-order valence-corrected chi connectivity index (χ1v) is 11.6. The number of hydrogen-bond acceptors (Lipinski definition) is 2. The van der Waals surface area contributed by atoms with Crippen molar-refractivity contribution in [2.45, 2.75) is 0 Å². The largest absolute Gasteiger partial charge is 0.304 e. The lowest BCUT2D eigenvalue weighted by atomic mass is 10.00. The summed E-state index contributed by atoms with van der Waals surface area (Å²) in [7, 11) is 0. The van der Waals surface area contributed by atoms with Crippen molar-refractivity contribution < 1.29 is 4.79 Å². The number of rotatable bonds is 5. The number of carbonyl (C=O) groups is 1. The van der Waals surface area contributed by atoms with Gasteiger partial charge in [-0.25, -0.2) is 0 Å². The molecule has 0 aliphatic heterocycles. The summed E-state index contributed by atoms with van der Waals surface area (Å²) in [4.78, 5) is 18.8. The summed E-state index contributed by atoms with van der Waals surface area (Å²) in [6.45, 7) is 0. The van der Waals surface area contributed by atoms with Crippen molar-refractivity contribution in [2.24, 2.45) is 0 Å². The second kappa shape index (κ2) is 8.88. The maximum atomic E-state index is 14.1. The molecule has 0 saturated carbocycles. The molecule has 0 amide bonds. The number of fused-ring (bicyclic) bond motifs is 1. The third-order valence-corrected chi connectivity index (χ3v) is 6.24. The Balaban J connectivity index is 1.70. The van der Waals surface area contributed by atoms with Gasteiger partial charge in [0.15, 0.2) is 0 Å². The molecule has 0 radical (unpaired) electrons. The van der Waals surface area contributed by atoms with Crippen molar-refractivity contribution >= 4 is 16.7 Å². The molecular formula is C32H22N2O. The second-order valence-electron chi connectivity index (χ2n) is 8.44. The van der Waals surface area contributed by atoms with E-state index in [9.17, 15) is 4.79 Å². The van der Waals surface area contributed by atoms with Gasteiger partial charge in [0, 0.05) is 16.5 Å². The van der Waals surface area contributed by atoms with Gasteiger partial charge in [-0.1, -0.05) is 109 Å². The van der Waals surface area contributed by atoms with Crippen LogP contribution >= 0.6 is 0 Å². The molecule has 4 aromatic carbocycles. The topological polar surface area (TPSA) is 34.9 Å². The number of ketones is 1. The fourth-order valence-electron chi connectivity index (χ4n) is 4.57. The van der Waals surface area contributed by atoms with E-state index in [2.05, 4.69) is 41.0 Å². The molecule has 3 heteroatoms. The third kappa shape index (κ3) is 3.83. The van der Waals surface area contributed by atoms with Gasteiger partial charge in [-0.05, 0) is 29.3 Å². The Morgan fingerprint density at radius 1 is 0.629 bits per heavy atom. The molecule has 3 nitrogen and oxygen atoms in total. The first-order chi connectivity index (χ1) is 17.3. The Morgan fingerprint density at radius 3 is 1.94 bits per heavy atom. The molecule has 2 heterocycles. The first kappa shape index (κ1) is 20.8. The zero-order valence-electron chi connectivity index (χ0n) is 19.0. The van der Waals surface area contributed by atoms with Gasteiger partial charge in [0.25, 0.3) is 0 Å². The fraction of sp³-hybridized carbons (Fsp3) is 0. The number of aromatic nitrogens is 2. The zero-order chi connectivity index (χ0) is 23.6. The highest BCUT2D eigenvalue weighted by Crippen LogP contribution is 2.37.